The van der Waals surface area contributed by atoms with Crippen LogP contribution >= 0.6 is 0 Å². The van der Waals surface area contributed by atoms with Crippen molar-refractivity contribution in [3.05, 3.63) is 34.2 Å². The Morgan fingerprint density at radius 3 is 2.60 bits per heavy atom. The van der Waals surface area contributed by atoms with Crippen LogP contribution in [0.1, 0.15) is 30.6 Å². The summed E-state index contributed by atoms with van der Waals surface area (Å²) >= 11 is 0. The minimum absolute atomic E-state index is 0.0575. The summed E-state index contributed by atoms with van der Waals surface area (Å²) in [7, 11) is 2.88. The number of methoxy groups -OCH3 is 1. The van der Waals surface area contributed by atoms with E-state index in [9.17, 15) is 14.4 Å². The highest BCUT2D eigenvalue weighted by Gasteiger charge is 2.27. The van der Waals surface area contributed by atoms with Crippen LogP contribution < -0.4 is 10.9 Å². The SMILES string of the molecule is CC[C@H](C)[C@H](NC(=O)c1ccn(C)c(=O)c1)C(=O)OC. The first-order valence-corrected chi connectivity index (χ1v) is 6.46. The fraction of sp³-hybridized carbons (Fsp3) is 0.500. The highest BCUT2D eigenvalue weighted by atomic mass is 16.5. The molecule has 0 aliphatic rings. The Kier molecular flexibility index (Phi) is 5.49. The molecule has 1 amide bonds. The van der Waals surface area contributed by atoms with Gasteiger partial charge < -0.3 is 14.6 Å². The van der Waals surface area contributed by atoms with Gasteiger partial charge in [0.2, 0.25) is 0 Å². The predicted octanol–water partition coefficient (Wildman–Crippen LogP) is 0.703. The van der Waals surface area contributed by atoms with Gasteiger partial charge in [-0.05, 0) is 12.0 Å². The van der Waals surface area contributed by atoms with E-state index in [4.69, 9.17) is 4.74 Å². The van der Waals surface area contributed by atoms with E-state index >= 15 is 0 Å². The summed E-state index contributed by atoms with van der Waals surface area (Å²) in [6.07, 6.45) is 2.23. The first-order chi connectivity index (χ1) is 9.40. The molecule has 1 N–H and O–H groups in total. The van der Waals surface area contributed by atoms with Gasteiger partial charge in [-0.15, -0.1) is 0 Å². The lowest BCUT2D eigenvalue weighted by Gasteiger charge is -2.21. The van der Waals surface area contributed by atoms with Crippen LogP contribution in [0.4, 0.5) is 0 Å². The molecule has 110 valence electrons. The maximum absolute atomic E-state index is 12.1. The fourth-order valence-corrected chi connectivity index (χ4v) is 1.71. The molecule has 1 aromatic heterocycles. The van der Waals surface area contributed by atoms with E-state index < -0.39 is 17.9 Å². The van der Waals surface area contributed by atoms with E-state index in [-0.39, 0.29) is 17.0 Å². The smallest absolute Gasteiger partial charge is 0.328 e. The van der Waals surface area contributed by atoms with Crippen LogP contribution in [-0.4, -0.2) is 29.6 Å². The lowest BCUT2D eigenvalue weighted by molar-refractivity contribution is -0.144. The highest BCUT2D eigenvalue weighted by Crippen LogP contribution is 2.10. The third kappa shape index (κ3) is 3.69. The second kappa shape index (κ2) is 6.88. The van der Waals surface area contributed by atoms with Crippen molar-refractivity contribution in [3.63, 3.8) is 0 Å². The zero-order valence-electron chi connectivity index (χ0n) is 12.2. The van der Waals surface area contributed by atoms with Crippen molar-refractivity contribution in [1.29, 1.82) is 0 Å². The van der Waals surface area contributed by atoms with Crippen LogP contribution in [0.3, 0.4) is 0 Å². The van der Waals surface area contributed by atoms with E-state index in [2.05, 4.69) is 5.32 Å². The minimum Gasteiger partial charge on any atom is -0.467 e. The summed E-state index contributed by atoms with van der Waals surface area (Å²) in [5, 5.41) is 2.62. The lowest BCUT2D eigenvalue weighted by Crippen LogP contribution is -2.45. The largest absolute Gasteiger partial charge is 0.467 e. The molecule has 0 spiro atoms. The molecular weight excluding hydrogens is 260 g/mol. The average molecular weight is 280 g/mol. The van der Waals surface area contributed by atoms with E-state index in [0.29, 0.717) is 0 Å². The van der Waals surface area contributed by atoms with Gasteiger partial charge in [0.05, 0.1) is 7.11 Å². The highest BCUT2D eigenvalue weighted by molar-refractivity contribution is 5.96. The van der Waals surface area contributed by atoms with Crippen LogP contribution in [-0.2, 0) is 16.6 Å². The number of ether oxygens (including phenoxy) is 1. The summed E-state index contributed by atoms with van der Waals surface area (Å²) < 4.78 is 6.06. The maximum Gasteiger partial charge on any atom is 0.328 e. The summed E-state index contributed by atoms with van der Waals surface area (Å²) in [6, 6.07) is 2.05. The average Bonchev–Trinajstić information content (AvgIpc) is 2.45. The summed E-state index contributed by atoms with van der Waals surface area (Å²) in [5.41, 5.74) is -0.0545. The van der Waals surface area contributed by atoms with Crippen LogP contribution in [0.15, 0.2) is 23.1 Å². The number of nitrogens with zero attached hydrogens (tertiary/aromatic N) is 1. The molecule has 0 bridgehead atoms. The Morgan fingerprint density at radius 2 is 2.10 bits per heavy atom. The Balaban J connectivity index is 2.93. The lowest BCUT2D eigenvalue weighted by atomic mass is 9.99. The summed E-state index contributed by atoms with van der Waals surface area (Å²) in [5.74, 6) is -1.01. The molecule has 0 fully saturated rings. The third-order valence-electron chi connectivity index (χ3n) is 3.32. The molecule has 6 nitrogen and oxygen atoms in total. The van der Waals surface area contributed by atoms with Crippen LogP contribution in [0.2, 0.25) is 0 Å². The van der Waals surface area contributed by atoms with Crippen molar-refractivity contribution >= 4 is 11.9 Å². The van der Waals surface area contributed by atoms with Crippen molar-refractivity contribution in [3.8, 4) is 0 Å². The Morgan fingerprint density at radius 1 is 1.45 bits per heavy atom. The monoisotopic (exact) mass is 280 g/mol. The van der Waals surface area contributed by atoms with E-state index in [1.54, 1.807) is 7.05 Å². The van der Waals surface area contributed by atoms with Gasteiger partial charge in [0, 0.05) is 24.9 Å². The van der Waals surface area contributed by atoms with Gasteiger partial charge in [-0.2, -0.15) is 0 Å². The number of rotatable bonds is 5. The number of hydrogen-bond donors (Lipinski definition) is 1. The number of esters is 1. The number of carbonyl (C=O) groups is 2. The van der Waals surface area contributed by atoms with Gasteiger partial charge in [0.15, 0.2) is 0 Å². The molecule has 0 aromatic carbocycles. The first-order valence-electron chi connectivity index (χ1n) is 6.46. The Bertz CT molecular complexity index is 550. The normalized spacial score (nSPS) is 13.4. The molecule has 0 aliphatic heterocycles. The van der Waals surface area contributed by atoms with Gasteiger partial charge in [-0.3, -0.25) is 9.59 Å². The number of carbonyl (C=O) groups excluding carboxylic acids is 2. The Labute approximate surface area is 117 Å². The van der Waals surface area contributed by atoms with Crippen LogP contribution in [0, 0.1) is 5.92 Å². The van der Waals surface area contributed by atoms with Crippen molar-refractivity contribution < 1.29 is 14.3 Å². The number of hydrogen-bond acceptors (Lipinski definition) is 4. The standard InChI is InChI=1S/C14H20N2O4/c1-5-9(2)12(14(19)20-4)15-13(18)10-6-7-16(3)11(17)8-10/h6-9,12H,5H2,1-4H3,(H,15,18)/t9-,12-/m0/s1. The van der Waals surface area contributed by atoms with E-state index in [0.717, 1.165) is 6.42 Å². The van der Waals surface area contributed by atoms with Gasteiger partial charge in [-0.25, -0.2) is 4.79 Å². The Hall–Kier alpha value is -2.11. The van der Waals surface area contributed by atoms with Gasteiger partial charge >= 0.3 is 5.97 Å². The molecular formula is C14H20N2O4. The van der Waals surface area contributed by atoms with Crippen molar-refractivity contribution in [1.82, 2.24) is 9.88 Å². The predicted molar refractivity (Wildman–Crippen MR) is 74.4 cm³/mol. The fourth-order valence-electron chi connectivity index (χ4n) is 1.71. The third-order valence-corrected chi connectivity index (χ3v) is 3.32. The zero-order valence-corrected chi connectivity index (χ0v) is 12.2. The molecule has 6 heteroatoms. The maximum atomic E-state index is 12.1. The number of amides is 1. The molecule has 1 rings (SSSR count). The molecule has 20 heavy (non-hydrogen) atoms. The van der Waals surface area contributed by atoms with Crippen LogP contribution in [0.5, 0.6) is 0 Å². The molecule has 0 radical (unpaired) electrons. The summed E-state index contributed by atoms with van der Waals surface area (Å²) in [6.45, 7) is 3.77. The topological polar surface area (TPSA) is 77.4 Å². The van der Waals surface area contributed by atoms with E-state index in [1.807, 2.05) is 13.8 Å². The quantitative estimate of drug-likeness (QED) is 0.806. The summed E-state index contributed by atoms with van der Waals surface area (Å²) in [4.78, 5) is 35.3. The molecule has 0 unspecified atom stereocenters. The number of aromatic nitrogens is 1. The van der Waals surface area contributed by atoms with Gasteiger partial charge in [0.25, 0.3) is 11.5 Å². The molecule has 2 atom stereocenters. The first kappa shape index (κ1) is 15.9. The number of aryl methyl sites for hydroxylation is 1. The molecule has 1 heterocycles. The number of nitrogens with one attached hydrogen (secondary N) is 1. The molecule has 0 saturated carbocycles. The minimum atomic E-state index is -0.721. The number of pyridine rings is 1. The van der Waals surface area contributed by atoms with Gasteiger partial charge in [0.1, 0.15) is 6.04 Å². The molecule has 0 saturated heterocycles. The second-order valence-corrected chi connectivity index (χ2v) is 4.72. The zero-order chi connectivity index (χ0) is 15.3. The van der Waals surface area contributed by atoms with E-state index in [1.165, 1.54) is 30.0 Å². The van der Waals surface area contributed by atoms with Crippen molar-refractivity contribution in [2.75, 3.05) is 7.11 Å². The second-order valence-electron chi connectivity index (χ2n) is 4.72. The molecule has 1 aromatic rings. The molecule has 0 aliphatic carbocycles. The van der Waals surface area contributed by atoms with Crippen LogP contribution in [0.25, 0.3) is 0 Å². The van der Waals surface area contributed by atoms with Crippen molar-refractivity contribution in [2.24, 2.45) is 13.0 Å². The van der Waals surface area contributed by atoms with Gasteiger partial charge in [-0.1, -0.05) is 20.3 Å². The van der Waals surface area contributed by atoms with Crippen molar-refractivity contribution in [2.45, 2.75) is 26.3 Å².